The summed E-state index contributed by atoms with van der Waals surface area (Å²) in [6.45, 7) is 1.33. The Kier molecular flexibility index (Phi) is 6.03. The molecular formula is C19H24ClNO4S. The molecule has 7 heteroatoms. The maximum atomic E-state index is 11.6. The molecule has 1 heterocycles. The number of amides is 1. The van der Waals surface area contributed by atoms with Crippen molar-refractivity contribution in [1.82, 2.24) is 4.90 Å². The van der Waals surface area contributed by atoms with Crippen LogP contribution in [0.4, 0.5) is 4.79 Å². The summed E-state index contributed by atoms with van der Waals surface area (Å²) in [7, 11) is 1.35. The Morgan fingerprint density at radius 3 is 2.42 bits per heavy atom. The van der Waals surface area contributed by atoms with E-state index in [1.165, 1.54) is 12.0 Å². The molecule has 0 atom stereocenters. The second-order valence-corrected chi connectivity index (χ2v) is 9.00. The number of methoxy groups -OCH3 is 1. The largest absolute Gasteiger partial charge is 0.465 e. The van der Waals surface area contributed by atoms with E-state index >= 15 is 0 Å². The van der Waals surface area contributed by atoms with Crippen molar-refractivity contribution in [2.45, 2.75) is 48.7 Å². The highest BCUT2D eigenvalue weighted by atomic mass is 35.5. The molecule has 142 valence electrons. The van der Waals surface area contributed by atoms with Gasteiger partial charge in [0.05, 0.1) is 17.7 Å². The van der Waals surface area contributed by atoms with Crippen molar-refractivity contribution in [3.05, 3.63) is 28.8 Å². The first-order valence-electron chi connectivity index (χ1n) is 8.95. The Hall–Kier alpha value is -1.40. The number of ether oxygens (including phenoxy) is 1. The van der Waals surface area contributed by atoms with Crippen LogP contribution in [0.25, 0.3) is 0 Å². The van der Waals surface area contributed by atoms with Gasteiger partial charge in [0.2, 0.25) is 0 Å². The summed E-state index contributed by atoms with van der Waals surface area (Å²) in [6.07, 6.45) is 5.75. The van der Waals surface area contributed by atoms with Gasteiger partial charge in [-0.1, -0.05) is 11.6 Å². The number of thioether (sulfide) groups is 1. The first kappa shape index (κ1) is 19.4. The summed E-state index contributed by atoms with van der Waals surface area (Å²) in [5.74, 6) is -0.418. The number of rotatable bonds is 3. The number of piperidine rings is 1. The van der Waals surface area contributed by atoms with Crippen molar-refractivity contribution >= 4 is 35.4 Å². The van der Waals surface area contributed by atoms with Crippen LogP contribution < -0.4 is 0 Å². The minimum absolute atomic E-state index is 0.329. The Morgan fingerprint density at radius 1 is 1.23 bits per heavy atom. The van der Waals surface area contributed by atoms with E-state index in [9.17, 15) is 9.59 Å². The van der Waals surface area contributed by atoms with Crippen LogP contribution >= 0.6 is 23.4 Å². The fraction of sp³-hybridized carbons (Fsp3) is 0.579. The molecule has 1 N–H and O–H groups in total. The molecule has 1 aliphatic heterocycles. The van der Waals surface area contributed by atoms with Gasteiger partial charge in [-0.2, -0.15) is 0 Å². The van der Waals surface area contributed by atoms with Crippen LogP contribution in [0.5, 0.6) is 0 Å². The Morgan fingerprint density at radius 2 is 1.88 bits per heavy atom. The van der Waals surface area contributed by atoms with Gasteiger partial charge in [-0.05, 0) is 62.1 Å². The number of halogens is 1. The third-order valence-electron chi connectivity index (χ3n) is 5.74. The van der Waals surface area contributed by atoms with Gasteiger partial charge in [0, 0.05) is 23.2 Å². The number of carbonyl (C=O) groups is 2. The summed E-state index contributed by atoms with van der Waals surface area (Å²) >= 11 is 8.03. The van der Waals surface area contributed by atoms with Crippen LogP contribution in [0.15, 0.2) is 23.1 Å². The molecular weight excluding hydrogens is 374 g/mol. The molecule has 5 nitrogen and oxygen atoms in total. The van der Waals surface area contributed by atoms with E-state index in [-0.39, 0.29) is 0 Å². The summed E-state index contributed by atoms with van der Waals surface area (Å²) in [5.41, 5.74) is 0.723. The molecule has 1 aromatic rings. The molecule has 0 aromatic heterocycles. The molecule has 0 unspecified atom stereocenters. The topological polar surface area (TPSA) is 66.8 Å². The first-order chi connectivity index (χ1) is 12.4. The zero-order valence-corrected chi connectivity index (χ0v) is 16.4. The van der Waals surface area contributed by atoms with Crippen molar-refractivity contribution in [1.29, 1.82) is 0 Å². The first-order valence-corrected chi connectivity index (χ1v) is 10.2. The molecule has 1 spiro atoms. The van der Waals surface area contributed by atoms with E-state index in [0.717, 1.165) is 43.4 Å². The van der Waals surface area contributed by atoms with Gasteiger partial charge in [0.1, 0.15) is 0 Å². The lowest BCUT2D eigenvalue weighted by Crippen LogP contribution is -2.44. The molecule has 3 rings (SSSR count). The molecule has 2 aliphatic rings. The molecule has 1 saturated carbocycles. The predicted octanol–water partition coefficient (Wildman–Crippen LogP) is 4.92. The quantitative estimate of drug-likeness (QED) is 0.733. The zero-order chi connectivity index (χ0) is 18.7. The van der Waals surface area contributed by atoms with E-state index in [1.54, 1.807) is 6.07 Å². The number of nitrogens with zero attached hydrogens (tertiary/aromatic N) is 1. The highest BCUT2D eigenvalue weighted by Crippen LogP contribution is 2.48. The van der Waals surface area contributed by atoms with Crippen LogP contribution in [-0.2, 0) is 4.74 Å². The lowest BCUT2D eigenvalue weighted by Gasteiger charge is -2.45. The number of carboxylic acid groups (broad SMARTS) is 1. The van der Waals surface area contributed by atoms with Crippen LogP contribution in [0.1, 0.15) is 48.9 Å². The summed E-state index contributed by atoms with van der Waals surface area (Å²) in [6, 6.07) is 5.50. The summed E-state index contributed by atoms with van der Waals surface area (Å²) in [5, 5.41) is 10.1. The smallest absolute Gasteiger partial charge is 0.407 e. The van der Waals surface area contributed by atoms with Gasteiger partial charge in [0.15, 0.2) is 0 Å². The van der Waals surface area contributed by atoms with Crippen LogP contribution in [0.3, 0.4) is 0 Å². The Balaban J connectivity index is 1.54. The zero-order valence-electron chi connectivity index (χ0n) is 14.9. The number of hydrogen-bond donors (Lipinski definition) is 1. The van der Waals surface area contributed by atoms with Gasteiger partial charge in [-0.3, -0.25) is 0 Å². The number of carbonyl (C=O) groups excluding carboxylic acids is 1. The number of likely N-dealkylation sites (tertiary alicyclic amines) is 1. The van der Waals surface area contributed by atoms with Crippen LogP contribution in [0, 0.1) is 5.41 Å². The van der Waals surface area contributed by atoms with Gasteiger partial charge in [-0.15, -0.1) is 11.8 Å². The third-order valence-corrected chi connectivity index (χ3v) is 7.38. The second-order valence-electron chi connectivity index (χ2n) is 7.22. The van der Waals surface area contributed by atoms with Crippen LogP contribution in [0.2, 0.25) is 5.02 Å². The van der Waals surface area contributed by atoms with Crippen molar-refractivity contribution in [3.63, 3.8) is 0 Å². The number of esters is 1. The summed E-state index contributed by atoms with van der Waals surface area (Å²) in [4.78, 5) is 25.3. The van der Waals surface area contributed by atoms with Gasteiger partial charge >= 0.3 is 12.1 Å². The molecule has 2 fully saturated rings. The SMILES string of the molecule is COC(=O)c1ccc(SC2CCC3(CC2)CCN(C(=O)O)CC3)cc1Cl. The van der Waals surface area contributed by atoms with Crippen molar-refractivity contribution in [3.8, 4) is 0 Å². The average Bonchev–Trinajstić information content (AvgIpc) is 2.64. The third kappa shape index (κ3) is 4.29. The lowest BCUT2D eigenvalue weighted by molar-refractivity contribution is 0.0600. The van der Waals surface area contributed by atoms with E-state index in [4.69, 9.17) is 21.4 Å². The second kappa shape index (κ2) is 8.09. The molecule has 0 bridgehead atoms. The monoisotopic (exact) mass is 397 g/mol. The predicted molar refractivity (Wildman–Crippen MR) is 102 cm³/mol. The molecule has 0 radical (unpaired) electrons. The normalized spacial score (nSPS) is 20.2. The molecule has 1 amide bonds. The molecule has 1 aromatic carbocycles. The van der Waals surface area contributed by atoms with E-state index in [0.29, 0.717) is 34.3 Å². The van der Waals surface area contributed by atoms with Crippen molar-refractivity contribution in [2.24, 2.45) is 5.41 Å². The highest BCUT2D eigenvalue weighted by molar-refractivity contribution is 8.00. The molecule has 1 aliphatic carbocycles. The lowest BCUT2D eigenvalue weighted by atomic mass is 9.68. The maximum absolute atomic E-state index is 11.6. The van der Waals surface area contributed by atoms with E-state index in [1.807, 2.05) is 23.9 Å². The van der Waals surface area contributed by atoms with E-state index in [2.05, 4.69) is 0 Å². The maximum Gasteiger partial charge on any atom is 0.407 e. The summed E-state index contributed by atoms with van der Waals surface area (Å²) < 4.78 is 4.72. The standard InChI is InChI=1S/C19H24ClNO4S/c1-25-17(22)15-3-2-14(12-16(15)20)26-13-4-6-19(7-5-13)8-10-21(11-9-19)18(23)24/h2-3,12-13H,4-11H2,1H3,(H,23,24). The van der Waals surface area contributed by atoms with Crippen molar-refractivity contribution < 1.29 is 19.4 Å². The molecule has 26 heavy (non-hydrogen) atoms. The fourth-order valence-electron chi connectivity index (χ4n) is 4.03. The fourth-order valence-corrected chi connectivity index (χ4v) is 5.54. The average molecular weight is 398 g/mol. The Labute approximate surface area is 163 Å². The van der Waals surface area contributed by atoms with E-state index < -0.39 is 12.1 Å². The minimum atomic E-state index is -0.795. The van der Waals surface area contributed by atoms with Gasteiger partial charge < -0.3 is 14.7 Å². The Bertz CT molecular complexity index is 678. The molecule has 1 saturated heterocycles. The number of hydrogen-bond acceptors (Lipinski definition) is 4. The van der Waals surface area contributed by atoms with Gasteiger partial charge in [0.25, 0.3) is 0 Å². The number of benzene rings is 1. The minimum Gasteiger partial charge on any atom is -0.465 e. The van der Waals surface area contributed by atoms with Crippen molar-refractivity contribution in [2.75, 3.05) is 20.2 Å². The van der Waals surface area contributed by atoms with Gasteiger partial charge in [-0.25, -0.2) is 9.59 Å². The van der Waals surface area contributed by atoms with Crippen LogP contribution in [-0.4, -0.2) is 47.5 Å². The highest BCUT2D eigenvalue weighted by Gasteiger charge is 2.39.